The summed E-state index contributed by atoms with van der Waals surface area (Å²) in [5, 5.41) is 3.15. The van der Waals surface area contributed by atoms with Gasteiger partial charge in [0.15, 0.2) is 23.0 Å². The fourth-order valence-corrected chi connectivity index (χ4v) is 3.37. The van der Waals surface area contributed by atoms with Crippen molar-refractivity contribution in [1.82, 2.24) is 10.2 Å². The molecule has 0 bridgehead atoms. The Kier molecular flexibility index (Phi) is 7.19. The number of nitrogens with one attached hydrogen (secondary N) is 1. The first-order chi connectivity index (χ1) is 14.2. The molecule has 0 fully saturated rings. The zero-order valence-electron chi connectivity index (χ0n) is 17.2. The molecule has 0 saturated heterocycles. The van der Waals surface area contributed by atoms with Gasteiger partial charge in [-0.05, 0) is 41.8 Å². The van der Waals surface area contributed by atoms with Crippen molar-refractivity contribution in [3.8, 4) is 23.0 Å². The minimum Gasteiger partial charge on any atom is -0.493 e. The summed E-state index contributed by atoms with van der Waals surface area (Å²) in [5.41, 5.74) is 2.30. The molecule has 7 nitrogen and oxygen atoms in total. The lowest BCUT2D eigenvalue weighted by molar-refractivity contribution is -0.131. The molecule has 0 atom stereocenters. The molecule has 1 aliphatic heterocycles. The maximum absolute atomic E-state index is 12.6. The van der Waals surface area contributed by atoms with Crippen LogP contribution < -0.4 is 24.3 Å². The lowest BCUT2D eigenvalue weighted by atomic mass is 9.98. The van der Waals surface area contributed by atoms with Crippen molar-refractivity contribution in [3.05, 3.63) is 47.5 Å². The molecular formula is C22H28N2O5. The molecule has 29 heavy (non-hydrogen) atoms. The molecule has 3 rings (SSSR count). The van der Waals surface area contributed by atoms with Crippen LogP contribution in [0.15, 0.2) is 36.4 Å². The van der Waals surface area contributed by atoms with Crippen LogP contribution in [0, 0.1) is 0 Å². The summed E-state index contributed by atoms with van der Waals surface area (Å²) in [4.78, 5) is 14.4. The van der Waals surface area contributed by atoms with Gasteiger partial charge in [0.1, 0.15) is 6.61 Å². The number of benzene rings is 2. The standard InChI is InChI=1S/C22H28N2O5/c1-26-18-6-4-5-7-19(18)29-11-9-23-14-22(25)24-10-8-16-12-20(27-2)21(28-3)13-17(16)15-24/h4-7,12-13,23H,8-11,14-15H2,1-3H3. The molecule has 1 N–H and O–H groups in total. The molecule has 1 aliphatic rings. The molecule has 1 heterocycles. The number of nitrogens with zero attached hydrogens (tertiary/aromatic N) is 1. The molecule has 0 aliphatic carbocycles. The van der Waals surface area contributed by atoms with Gasteiger partial charge in [0.05, 0.1) is 27.9 Å². The van der Waals surface area contributed by atoms with E-state index in [0.29, 0.717) is 43.5 Å². The van der Waals surface area contributed by atoms with Gasteiger partial charge in [-0.1, -0.05) is 12.1 Å². The van der Waals surface area contributed by atoms with Crippen molar-refractivity contribution >= 4 is 5.91 Å². The molecular weight excluding hydrogens is 372 g/mol. The summed E-state index contributed by atoms with van der Waals surface area (Å²) in [5.74, 6) is 2.88. The highest BCUT2D eigenvalue weighted by Gasteiger charge is 2.22. The van der Waals surface area contributed by atoms with Gasteiger partial charge in [-0.25, -0.2) is 0 Å². The number of carbonyl (C=O) groups is 1. The monoisotopic (exact) mass is 400 g/mol. The normalized spacial score (nSPS) is 12.9. The predicted octanol–water partition coefficient (Wildman–Crippen LogP) is 2.27. The smallest absolute Gasteiger partial charge is 0.236 e. The molecule has 1 amide bonds. The van der Waals surface area contributed by atoms with E-state index in [4.69, 9.17) is 18.9 Å². The van der Waals surface area contributed by atoms with Gasteiger partial charge in [-0.15, -0.1) is 0 Å². The number of para-hydroxylation sites is 2. The number of ether oxygens (including phenoxy) is 4. The third-order valence-electron chi connectivity index (χ3n) is 4.95. The summed E-state index contributed by atoms with van der Waals surface area (Å²) in [6.45, 7) is 2.57. The molecule has 0 aromatic heterocycles. The van der Waals surface area contributed by atoms with Crippen LogP contribution in [-0.2, 0) is 17.8 Å². The highest BCUT2D eigenvalue weighted by Crippen LogP contribution is 2.33. The zero-order chi connectivity index (χ0) is 20.6. The second-order valence-corrected chi connectivity index (χ2v) is 6.72. The first-order valence-corrected chi connectivity index (χ1v) is 9.64. The Bertz CT molecular complexity index is 840. The highest BCUT2D eigenvalue weighted by atomic mass is 16.5. The first-order valence-electron chi connectivity index (χ1n) is 9.64. The van der Waals surface area contributed by atoms with Gasteiger partial charge in [-0.3, -0.25) is 4.79 Å². The lowest BCUT2D eigenvalue weighted by Gasteiger charge is -2.29. The number of amides is 1. The topological polar surface area (TPSA) is 69.3 Å². The van der Waals surface area contributed by atoms with E-state index in [1.54, 1.807) is 21.3 Å². The maximum atomic E-state index is 12.6. The Morgan fingerprint density at radius 2 is 1.62 bits per heavy atom. The van der Waals surface area contributed by atoms with Gasteiger partial charge < -0.3 is 29.2 Å². The Morgan fingerprint density at radius 3 is 2.31 bits per heavy atom. The summed E-state index contributed by atoms with van der Waals surface area (Å²) in [6.07, 6.45) is 0.804. The molecule has 0 spiro atoms. The molecule has 2 aromatic rings. The van der Waals surface area contributed by atoms with Gasteiger partial charge in [0.25, 0.3) is 0 Å². The van der Waals surface area contributed by atoms with Crippen molar-refractivity contribution in [2.75, 3.05) is 47.6 Å². The number of fused-ring (bicyclic) bond motifs is 1. The average Bonchev–Trinajstić information content (AvgIpc) is 2.77. The molecule has 0 unspecified atom stereocenters. The van der Waals surface area contributed by atoms with Crippen LogP contribution in [-0.4, -0.2) is 58.4 Å². The zero-order valence-corrected chi connectivity index (χ0v) is 17.2. The van der Waals surface area contributed by atoms with Gasteiger partial charge >= 0.3 is 0 Å². The van der Waals surface area contributed by atoms with Crippen LogP contribution in [0.1, 0.15) is 11.1 Å². The second-order valence-electron chi connectivity index (χ2n) is 6.72. The number of hydrogen-bond donors (Lipinski definition) is 1. The van der Waals surface area contributed by atoms with E-state index in [2.05, 4.69) is 5.32 Å². The van der Waals surface area contributed by atoms with Crippen LogP contribution in [0.5, 0.6) is 23.0 Å². The molecule has 7 heteroatoms. The molecule has 156 valence electrons. The minimum absolute atomic E-state index is 0.0720. The molecule has 0 saturated carbocycles. The van der Waals surface area contributed by atoms with E-state index in [0.717, 1.165) is 17.7 Å². The number of rotatable bonds is 9. The number of hydrogen-bond acceptors (Lipinski definition) is 6. The SMILES string of the molecule is COc1cc2c(cc1OC)CN(C(=O)CNCCOc1ccccc1OC)CC2. The maximum Gasteiger partial charge on any atom is 0.236 e. The number of carbonyl (C=O) groups excluding carboxylic acids is 1. The summed E-state index contributed by atoms with van der Waals surface area (Å²) < 4.78 is 21.7. The summed E-state index contributed by atoms with van der Waals surface area (Å²) in [7, 11) is 4.86. The van der Waals surface area contributed by atoms with Crippen LogP contribution in [0.2, 0.25) is 0 Å². The average molecular weight is 400 g/mol. The van der Waals surface area contributed by atoms with Gasteiger partial charge in [-0.2, -0.15) is 0 Å². The third kappa shape index (κ3) is 5.12. The third-order valence-corrected chi connectivity index (χ3v) is 4.95. The van der Waals surface area contributed by atoms with E-state index >= 15 is 0 Å². The molecule has 2 aromatic carbocycles. The summed E-state index contributed by atoms with van der Waals surface area (Å²) >= 11 is 0. The van der Waals surface area contributed by atoms with Crippen LogP contribution in [0.25, 0.3) is 0 Å². The van der Waals surface area contributed by atoms with Crippen LogP contribution >= 0.6 is 0 Å². The molecule has 0 radical (unpaired) electrons. The largest absolute Gasteiger partial charge is 0.493 e. The van der Waals surface area contributed by atoms with Gasteiger partial charge in [0.2, 0.25) is 5.91 Å². The lowest BCUT2D eigenvalue weighted by Crippen LogP contribution is -2.41. The second kappa shape index (κ2) is 10.0. The Hall–Kier alpha value is -2.93. The predicted molar refractivity (Wildman–Crippen MR) is 110 cm³/mol. The van der Waals surface area contributed by atoms with Crippen molar-refractivity contribution in [1.29, 1.82) is 0 Å². The van der Waals surface area contributed by atoms with E-state index in [9.17, 15) is 4.79 Å². The highest BCUT2D eigenvalue weighted by molar-refractivity contribution is 5.78. The van der Waals surface area contributed by atoms with Crippen molar-refractivity contribution in [2.24, 2.45) is 0 Å². The quantitative estimate of drug-likeness (QED) is 0.652. The Labute approximate surface area is 171 Å². The first kappa shape index (κ1) is 20.8. The Morgan fingerprint density at radius 1 is 0.966 bits per heavy atom. The summed E-state index contributed by atoms with van der Waals surface area (Å²) in [6, 6.07) is 11.5. The van der Waals surface area contributed by atoms with E-state index in [1.165, 1.54) is 5.56 Å². The van der Waals surface area contributed by atoms with Crippen molar-refractivity contribution in [3.63, 3.8) is 0 Å². The van der Waals surface area contributed by atoms with E-state index in [-0.39, 0.29) is 12.5 Å². The van der Waals surface area contributed by atoms with Crippen molar-refractivity contribution in [2.45, 2.75) is 13.0 Å². The number of methoxy groups -OCH3 is 3. The van der Waals surface area contributed by atoms with E-state index < -0.39 is 0 Å². The minimum atomic E-state index is 0.0720. The van der Waals surface area contributed by atoms with Crippen LogP contribution in [0.3, 0.4) is 0 Å². The van der Waals surface area contributed by atoms with Crippen LogP contribution in [0.4, 0.5) is 0 Å². The van der Waals surface area contributed by atoms with Gasteiger partial charge in [0, 0.05) is 19.6 Å². The van der Waals surface area contributed by atoms with Crippen molar-refractivity contribution < 1.29 is 23.7 Å². The fourth-order valence-electron chi connectivity index (χ4n) is 3.37. The fraction of sp³-hybridized carbons (Fsp3) is 0.409. The van der Waals surface area contributed by atoms with E-state index in [1.807, 2.05) is 41.3 Å². The Balaban J connectivity index is 1.46.